The maximum atomic E-state index is 11.8. The summed E-state index contributed by atoms with van der Waals surface area (Å²) in [5.74, 6) is 0. The highest BCUT2D eigenvalue weighted by atomic mass is 32.2. The molecule has 0 amide bonds. The van der Waals surface area contributed by atoms with Gasteiger partial charge < -0.3 is 4.98 Å². The first-order valence-corrected chi connectivity index (χ1v) is 6.62. The van der Waals surface area contributed by atoms with Crippen LogP contribution < -0.4 is 5.56 Å². The largest absolute Gasteiger partial charge is 0.300 e. The second-order valence-electron chi connectivity index (χ2n) is 3.72. The maximum Gasteiger partial charge on any atom is 0.270 e. The summed E-state index contributed by atoms with van der Waals surface area (Å²) < 4.78 is 0. The van der Waals surface area contributed by atoms with Crippen LogP contribution in [0.25, 0.3) is 11.3 Å². The van der Waals surface area contributed by atoms with Crippen molar-refractivity contribution in [3.05, 3.63) is 50.3 Å². The fourth-order valence-corrected chi connectivity index (χ4v) is 2.01. The molecule has 0 bridgehead atoms. The summed E-state index contributed by atoms with van der Waals surface area (Å²) in [7, 11) is 0. The number of benzene rings is 1. The summed E-state index contributed by atoms with van der Waals surface area (Å²) in [4.78, 5) is 28.6. The lowest BCUT2D eigenvalue weighted by atomic mass is 10.1. The van der Waals surface area contributed by atoms with Gasteiger partial charge in [0.2, 0.25) is 0 Å². The first-order chi connectivity index (χ1) is 9.56. The monoisotopic (exact) mass is 320 g/mol. The number of hydrogen-bond acceptors (Lipinski definition) is 6. The van der Waals surface area contributed by atoms with Crippen LogP contribution >= 0.6 is 11.8 Å². The quantitative estimate of drug-likeness (QED) is 0.402. The molecule has 0 aliphatic heterocycles. The molecule has 0 atom stereocenters. The molecule has 0 aliphatic rings. The number of nitrogens with one attached hydrogen (secondary N) is 1. The third-order valence-corrected chi connectivity index (χ3v) is 3.11. The van der Waals surface area contributed by atoms with Crippen molar-refractivity contribution >= 4 is 17.4 Å². The second kappa shape index (κ2) is 7.95. The predicted molar refractivity (Wildman–Crippen MR) is 86.9 cm³/mol. The summed E-state index contributed by atoms with van der Waals surface area (Å²) in [6.07, 6.45) is 1.72. The van der Waals surface area contributed by atoms with E-state index in [1.807, 2.05) is 0 Å². The van der Waals surface area contributed by atoms with Gasteiger partial charge in [0.15, 0.2) is 5.16 Å². The average Bonchev–Trinajstić information content (AvgIpc) is 2.46. The first-order valence-electron chi connectivity index (χ1n) is 5.40. The number of non-ortho nitro benzene ring substituents is 1. The van der Waals surface area contributed by atoms with Crippen molar-refractivity contribution in [2.45, 2.75) is 20.0 Å². The van der Waals surface area contributed by atoms with Crippen LogP contribution in [0, 0.1) is 21.4 Å². The highest BCUT2D eigenvalue weighted by Crippen LogP contribution is 2.24. The van der Waals surface area contributed by atoms with Crippen LogP contribution in [-0.2, 0) is 0 Å². The van der Waals surface area contributed by atoms with E-state index in [-0.39, 0.29) is 31.8 Å². The SMILES string of the molecule is C.C.CSc1nc(-c2cccc([N+](=O)[O-])c2)c(C#N)c(=O)[nH]1. The van der Waals surface area contributed by atoms with Crippen molar-refractivity contribution in [3.8, 4) is 17.3 Å². The molecule has 0 aliphatic carbocycles. The fourth-order valence-electron chi connectivity index (χ4n) is 1.63. The van der Waals surface area contributed by atoms with Gasteiger partial charge in [0.05, 0.1) is 10.6 Å². The lowest BCUT2D eigenvalue weighted by Gasteiger charge is -2.04. The van der Waals surface area contributed by atoms with Gasteiger partial charge in [-0.25, -0.2) is 4.98 Å². The third-order valence-electron chi connectivity index (χ3n) is 2.53. The number of thioether (sulfide) groups is 1. The van der Waals surface area contributed by atoms with Gasteiger partial charge >= 0.3 is 0 Å². The molecule has 2 rings (SSSR count). The van der Waals surface area contributed by atoms with Gasteiger partial charge in [-0.1, -0.05) is 38.7 Å². The van der Waals surface area contributed by atoms with Crippen molar-refractivity contribution in [1.29, 1.82) is 5.26 Å². The zero-order valence-corrected chi connectivity index (χ0v) is 11.1. The summed E-state index contributed by atoms with van der Waals surface area (Å²) in [5, 5.41) is 20.2. The van der Waals surface area contributed by atoms with Gasteiger partial charge in [-0.2, -0.15) is 5.26 Å². The molecule has 0 spiro atoms. The zero-order valence-electron chi connectivity index (χ0n) is 10.3. The Morgan fingerprint density at radius 3 is 2.64 bits per heavy atom. The summed E-state index contributed by atoms with van der Waals surface area (Å²) >= 11 is 1.21. The molecule has 0 saturated heterocycles. The van der Waals surface area contributed by atoms with E-state index in [9.17, 15) is 14.9 Å². The van der Waals surface area contributed by atoms with E-state index in [1.54, 1.807) is 18.4 Å². The molecule has 0 radical (unpaired) electrons. The van der Waals surface area contributed by atoms with Crippen LogP contribution in [0.5, 0.6) is 0 Å². The lowest BCUT2D eigenvalue weighted by molar-refractivity contribution is -0.384. The molecule has 1 aromatic carbocycles. The van der Waals surface area contributed by atoms with Gasteiger partial charge in [0.25, 0.3) is 11.2 Å². The van der Waals surface area contributed by atoms with Crippen LogP contribution in [0.15, 0.2) is 34.2 Å². The van der Waals surface area contributed by atoms with E-state index in [1.165, 1.54) is 30.0 Å². The van der Waals surface area contributed by atoms with E-state index < -0.39 is 10.5 Å². The minimum Gasteiger partial charge on any atom is -0.300 e. The summed E-state index contributed by atoms with van der Waals surface area (Å²) in [6, 6.07) is 7.44. The molecule has 1 N–H and O–H groups in total. The van der Waals surface area contributed by atoms with E-state index in [0.29, 0.717) is 10.7 Å². The van der Waals surface area contributed by atoms with Gasteiger partial charge in [-0.05, 0) is 6.26 Å². The topological polar surface area (TPSA) is 113 Å². The number of aromatic nitrogens is 2. The van der Waals surface area contributed by atoms with E-state index in [2.05, 4.69) is 9.97 Å². The number of nitro benzene ring substituents is 1. The number of rotatable bonds is 3. The Balaban J connectivity index is 0.00000220. The standard InChI is InChI=1S/C12H8N4O3S.2CH4/c1-20-12-14-10(9(6-13)11(17)15-12)7-3-2-4-8(5-7)16(18)19;;/h2-5H,1H3,(H,14,15,17);2*1H4. The normalized spacial score (nSPS) is 9.09. The Labute approximate surface area is 132 Å². The van der Waals surface area contributed by atoms with Crippen LogP contribution in [0.3, 0.4) is 0 Å². The Hall–Kier alpha value is -2.66. The van der Waals surface area contributed by atoms with Crippen LogP contribution in [0.2, 0.25) is 0 Å². The Morgan fingerprint density at radius 1 is 1.41 bits per heavy atom. The van der Waals surface area contributed by atoms with Crippen molar-refractivity contribution in [2.24, 2.45) is 0 Å². The minimum atomic E-state index is -0.562. The molecule has 1 heterocycles. The Morgan fingerprint density at radius 2 is 2.09 bits per heavy atom. The third kappa shape index (κ3) is 3.71. The lowest BCUT2D eigenvalue weighted by Crippen LogP contribution is -2.14. The van der Waals surface area contributed by atoms with E-state index in [4.69, 9.17) is 5.26 Å². The van der Waals surface area contributed by atoms with Crippen LogP contribution in [0.1, 0.15) is 20.4 Å². The van der Waals surface area contributed by atoms with Crippen molar-refractivity contribution in [3.63, 3.8) is 0 Å². The molecule has 8 heteroatoms. The van der Waals surface area contributed by atoms with Crippen molar-refractivity contribution in [2.75, 3.05) is 6.26 Å². The number of nitro groups is 1. The van der Waals surface area contributed by atoms with Gasteiger partial charge in [-0.3, -0.25) is 14.9 Å². The highest BCUT2D eigenvalue weighted by molar-refractivity contribution is 7.98. The maximum absolute atomic E-state index is 11.8. The molecule has 0 fully saturated rings. The van der Waals surface area contributed by atoms with Crippen LogP contribution in [0.4, 0.5) is 5.69 Å². The fraction of sp³-hybridized carbons (Fsp3) is 0.214. The molecule has 2 aromatic rings. The number of H-pyrrole nitrogens is 1. The van der Waals surface area contributed by atoms with Crippen molar-refractivity contribution < 1.29 is 4.92 Å². The van der Waals surface area contributed by atoms with Gasteiger partial charge in [0, 0.05) is 17.7 Å². The molecule has 7 nitrogen and oxygen atoms in total. The molecular weight excluding hydrogens is 304 g/mol. The van der Waals surface area contributed by atoms with E-state index in [0.717, 1.165) is 0 Å². The first kappa shape index (κ1) is 19.3. The predicted octanol–water partition coefficient (Wildman–Crippen LogP) is 3.21. The molecule has 116 valence electrons. The molecule has 0 unspecified atom stereocenters. The summed E-state index contributed by atoms with van der Waals surface area (Å²) in [5.41, 5.74) is -0.350. The number of nitrogens with zero attached hydrogens (tertiary/aromatic N) is 3. The molecule has 1 aromatic heterocycles. The average molecular weight is 320 g/mol. The Bertz CT molecular complexity index is 780. The molecule has 22 heavy (non-hydrogen) atoms. The summed E-state index contributed by atoms with van der Waals surface area (Å²) in [6.45, 7) is 0. The number of aromatic amines is 1. The smallest absolute Gasteiger partial charge is 0.270 e. The van der Waals surface area contributed by atoms with Crippen LogP contribution in [-0.4, -0.2) is 21.1 Å². The van der Waals surface area contributed by atoms with Gasteiger partial charge in [0.1, 0.15) is 11.6 Å². The van der Waals surface area contributed by atoms with Gasteiger partial charge in [-0.15, -0.1) is 0 Å². The molecular formula is C14H16N4O3S. The highest BCUT2D eigenvalue weighted by Gasteiger charge is 2.15. The molecule has 0 saturated carbocycles. The number of hydrogen-bond donors (Lipinski definition) is 1. The second-order valence-corrected chi connectivity index (χ2v) is 4.51. The number of nitriles is 1. The Kier molecular flexibility index (Phi) is 6.99. The van der Waals surface area contributed by atoms with E-state index >= 15 is 0 Å². The zero-order chi connectivity index (χ0) is 14.7. The minimum absolute atomic E-state index is 0. The van der Waals surface area contributed by atoms with Crippen molar-refractivity contribution in [1.82, 2.24) is 9.97 Å².